The molecule has 3 aromatic rings. The first-order valence-corrected chi connectivity index (χ1v) is 12.7. The number of hydrogen-bond donors (Lipinski definition) is 0. The van der Waals surface area contributed by atoms with Gasteiger partial charge in [0.05, 0.1) is 16.5 Å². The summed E-state index contributed by atoms with van der Waals surface area (Å²) in [6.07, 6.45) is -4.54. The summed E-state index contributed by atoms with van der Waals surface area (Å²) in [6.45, 7) is -0.518. The minimum absolute atomic E-state index is 0.00347. The van der Waals surface area contributed by atoms with Crippen molar-refractivity contribution in [3.05, 3.63) is 77.6 Å². The van der Waals surface area contributed by atoms with E-state index >= 15 is 0 Å². The van der Waals surface area contributed by atoms with E-state index in [9.17, 15) is 40.4 Å². The SMILES string of the molecule is N#Cc1cnc(CCC(=O)[C@@H]2C[C@@H](F)CN2S(=O)(=O)c2ccc(F)cc2)cc1-c1ccc(C(F)(F)F)nc1. The number of rotatable bonds is 7. The highest BCUT2D eigenvalue weighted by Gasteiger charge is 2.43. The molecule has 0 N–H and O–H groups in total. The Labute approximate surface area is 214 Å². The van der Waals surface area contributed by atoms with Crippen molar-refractivity contribution in [2.45, 2.75) is 42.5 Å². The molecule has 0 amide bonds. The average molecular weight is 551 g/mol. The van der Waals surface area contributed by atoms with E-state index in [0.717, 1.165) is 40.8 Å². The van der Waals surface area contributed by atoms with Crippen LogP contribution in [0.5, 0.6) is 0 Å². The maximum atomic E-state index is 14.2. The number of pyridine rings is 2. The molecule has 0 unspecified atom stereocenters. The van der Waals surface area contributed by atoms with Gasteiger partial charge in [-0.15, -0.1) is 0 Å². The highest BCUT2D eigenvalue weighted by Crippen LogP contribution is 2.31. The number of carbonyl (C=O) groups excluding carboxylic acids is 1. The second-order valence-corrected chi connectivity index (χ2v) is 10.5. The Morgan fingerprint density at radius 3 is 2.42 bits per heavy atom. The number of Topliss-reactive ketones (excluding diaryl/α,β-unsaturated/α-hetero) is 1. The Hall–Kier alpha value is -3.76. The molecule has 0 saturated carbocycles. The summed E-state index contributed by atoms with van der Waals surface area (Å²) in [5.41, 5.74) is -0.208. The Morgan fingerprint density at radius 1 is 1.11 bits per heavy atom. The third kappa shape index (κ3) is 5.71. The van der Waals surface area contributed by atoms with Crippen LogP contribution in [0, 0.1) is 17.1 Å². The summed E-state index contributed by atoms with van der Waals surface area (Å²) < 4.78 is 92.8. The Balaban J connectivity index is 1.52. The van der Waals surface area contributed by atoms with Crippen LogP contribution in [0.3, 0.4) is 0 Å². The maximum Gasteiger partial charge on any atom is 0.433 e. The molecule has 0 bridgehead atoms. The van der Waals surface area contributed by atoms with Gasteiger partial charge in [0, 0.05) is 48.6 Å². The highest BCUT2D eigenvalue weighted by molar-refractivity contribution is 7.89. The fourth-order valence-corrected chi connectivity index (χ4v) is 5.81. The number of halogens is 5. The van der Waals surface area contributed by atoms with E-state index in [4.69, 9.17) is 0 Å². The largest absolute Gasteiger partial charge is 0.433 e. The summed E-state index contributed by atoms with van der Waals surface area (Å²) in [7, 11) is -4.26. The van der Waals surface area contributed by atoms with Crippen molar-refractivity contribution >= 4 is 15.8 Å². The standard InChI is InChI=1S/C25H19F5N4O3S/c26-17-2-5-20(6-3-17)38(36,37)34-14-18(27)9-22(34)23(35)7-4-19-10-21(16(11-31)13-32-19)15-1-8-24(33-12-15)25(28,29)30/h1-3,5-6,8,10,12-13,18,22H,4,7,9,14H2/t18-,22+/m1/s1. The third-order valence-electron chi connectivity index (χ3n) is 6.07. The van der Waals surface area contributed by atoms with Crippen LogP contribution in [0.15, 0.2) is 59.8 Å². The van der Waals surface area contributed by atoms with Gasteiger partial charge in [-0.2, -0.15) is 22.7 Å². The van der Waals surface area contributed by atoms with Crippen molar-refractivity contribution in [3.8, 4) is 17.2 Å². The Bertz CT molecular complexity index is 1490. The van der Waals surface area contributed by atoms with E-state index in [-0.39, 0.29) is 40.8 Å². The molecule has 2 aromatic heterocycles. The number of sulfonamides is 1. The van der Waals surface area contributed by atoms with Gasteiger partial charge in [-0.1, -0.05) is 6.07 Å². The molecule has 0 radical (unpaired) electrons. The Kier molecular flexibility index (Phi) is 7.57. The summed E-state index contributed by atoms with van der Waals surface area (Å²) in [4.78, 5) is 20.2. The topological polar surface area (TPSA) is 104 Å². The van der Waals surface area contributed by atoms with Crippen LogP contribution in [0.4, 0.5) is 22.0 Å². The van der Waals surface area contributed by atoms with Crippen LogP contribution >= 0.6 is 0 Å². The number of carbonyl (C=O) groups is 1. The summed E-state index contributed by atoms with van der Waals surface area (Å²) >= 11 is 0. The van der Waals surface area contributed by atoms with E-state index in [1.807, 2.05) is 6.07 Å². The van der Waals surface area contributed by atoms with Gasteiger partial charge < -0.3 is 0 Å². The molecule has 4 rings (SSSR count). The van der Waals surface area contributed by atoms with Gasteiger partial charge in [0.15, 0.2) is 5.78 Å². The molecule has 3 heterocycles. The lowest BCUT2D eigenvalue weighted by Gasteiger charge is -2.22. The first-order valence-electron chi connectivity index (χ1n) is 11.3. The van der Waals surface area contributed by atoms with E-state index in [1.54, 1.807) is 0 Å². The van der Waals surface area contributed by atoms with Crippen LogP contribution < -0.4 is 0 Å². The van der Waals surface area contributed by atoms with Gasteiger partial charge in [-0.3, -0.25) is 14.8 Å². The lowest BCUT2D eigenvalue weighted by Crippen LogP contribution is -2.40. The second-order valence-electron chi connectivity index (χ2n) is 8.61. The monoisotopic (exact) mass is 550 g/mol. The molecule has 198 valence electrons. The minimum Gasteiger partial charge on any atom is -0.298 e. The molecular formula is C25H19F5N4O3S. The van der Waals surface area contributed by atoms with Crippen molar-refractivity contribution in [3.63, 3.8) is 0 Å². The first-order chi connectivity index (χ1) is 17.9. The summed E-state index contributed by atoms with van der Waals surface area (Å²) in [5, 5.41) is 9.39. The van der Waals surface area contributed by atoms with Crippen LogP contribution in [0.25, 0.3) is 11.1 Å². The van der Waals surface area contributed by atoms with Gasteiger partial charge in [-0.05, 0) is 42.8 Å². The zero-order valence-corrected chi connectivity index (χ0v) is 20.3. The number of aromatic nitrogens is 2. The van der Waals surface area contributed by atoms with Crippen molar-refractivity contribution in [2.24, 2.45) is 0 Å². The number of nitrogens with zero attached hydrogens (tertiary/aromatic N) is 4. The molecule has 1 aromatic carbocycles. The number of nitriles is 1. The van der Waals surface area contributed by atoms with Gasteiger partial charge in [-0.25, -0.2) is 17.2 Å². The molecule has 38 heavy (non-hydrogen) atoms. The average Bonchev–Trinajstić information content (AvgIpc) is 3.29. The third-order valence-corrected chi connectivity index (χ3v) is 7.96. The molecule has 2 atom stereocenters. The lowest BCUT2D eigenvalue weighted by molar-refractivity contribution is -0.141. The number of alkyl halides is 4. The molecule has 13 heteroatoms. The van der Waals surface area contributed by atoms with Crippen LogP contribution in [0.2, 0.25) is 0 Å². The van der Waals surface area contributed by atoms with Gasteiger partial charge >= 0.3 is 6.18 Å². The molecule has 1 aliphatic heterocycles. The number of hydrogen-bond acceptors (Lipinski definition) is 6. The van der Waals surface area contributed by atoms with Gasteiger partial charge in [0.1, 0.15) is 23.8 Å². The van der Waals surface area contributed by atoms with Gasteiger partial charge in [0.2, 0.25) is 10.0 Å². The van der Waals surface area contributed by atoms with Crippen molar-refractivity contribution in [1.82, 2.24) is 14.3 Å². The zero-order valence-electron chi connectivity index (χ0n) is 19.5. The molecule has 1 saturated heterocycles. The maximum absolute atomic E-state index is 14.2. The number of aryl methyl sites for hydroxylation is 1. The first kappa shape index (κ1) is 27.3. The molecule has 0 aliphatic carbocycles. The summed E-state index contributed by atoms with van der Waals surface area (Å²) in [6, 6.07) is 8.00. The van der Waals surface area contributed by atoms with E-state index in [2.05, 4.69) is 9.97 Å². The molecule has 1 fully saturated rings. The fraction of sp³-hybridized carbons (Fsp3) is 0.280. The molecular weight excluding hydrogens is 531 g/mol. The normalized spacial score (nSPS) is 18.3. The van der Waals surface area contributed by atoms with Crippen LogP contribution in [-0.2, 0) is 27.4 Å². The molecule has 0 spiro atoms. The predicted octanol–water partition coefficient (Wildman–Crippen LogP) is 4.48. The summed E-state index contributed by atoms with van der Waals surface area (Å²) in [5.74, 6) is -1.21. The van der Waals surface area contributed by atoms with E-state index in [1.165, 1.54) is 18.3 Å². The lowest BCUT2D eigenvalue weighted by atomic mass is 9.99. The van der Waals surface area contributed by atoms with Gasteiger partial charge in [0.25, 0.3) is 0 Å². The quantitative estimate of drug-likeness (QED) is 0.402. The fourth-order valence-electron chi connectivity index (χ4n) is 4.16. The highest BCUT2D eigenvalue weighted by atomic mass is 32.2. The minimum atomic E-state index is -4.63. The number of benzene rings is 1. The van der Waals surface area contributed by atoms with Crippen molar-refractivity contribution in [1.29, 1.82) is 5.26 Å². The van der Waals surface area contributed by atoms with E-state index in [0.29, 0.717) is 5.69 Å². The molecule has 1 aliphatic rings. The van der Waals surface area contributed by atoms with Crippen molar-refractivity contribution in [2.75, 3.05) is 6.54 Å². The van der Waals surface area contributed by atoms with Crippen molar-refractivity contribution < 1.29 is 35.2 Å². The predicted molar refractivity (Wildman–Crippen MR) is 124 cm³/mol. The zero-order chi connectivity index (χ0) is 27.7. The second kappa shape index (κ2) is 10.5. The van der Waals surface area contributed by atoms with Crippen LogP contribution in [0.1, 0.15) is 29.8 Å². The van der Waals surface area contributed by atoms with E-state index < -0.39 is 52.3 Å². The smallest absolute Gasteiger partial charge is 0.298 e. The van der Waals surface area contributed by atoms with Crippen LogP contribution in [-0.4, -0.2) is 47.2 Å². The molecule has 7 nitrogen and oxygen atoms in total. The number of ketones is 1. The Morgan fingerprint density at radius 2 is 1.82 bits per heavy atom.